The molecule has 3 N–H and O–H groups in total. The van der Waals surface area contributed by atoms with Crippen molar-refractivity contribution in [1.29, 1.82) is 0 Å². The van der Waals surface area contributed by atoms with E-state index >= 15 is 0 Å². The van der Waals surface area contributed by atoms with E-state index in [-0.39, 0.29) is 0 Å². The number of nitrogens with one attached hydrogen (secondary N) is 1. The molecule has 21 heavy (non-hydrogen) atoms. The van der Waals surface area contributed by atoms with Crippen molar-refractivity contribution in [2.24, 2.45) is 5.84 Å². The van der Waals surface area contributed by atoms with Crippen molar-refractivity contribution >= 4 is 0 Å². The van der Waals surface area contributed by atoms with Gasteiger partial charge >= 0.3 is 0 Å². The van der Waals surface area contributed by atoms with Crippen molar-refractivity contribution in [3.8, 4) is 0 Å². The first-order valence-corrected chi connectivity index (χ1v) is 8.69. The van der Waals surface area contributed by atoms with E-state index in [1.165, 1.54) is 68.1 Å². The van der Waals surface area contributed by atoms with Gasteiger partial charge in [-0.3, -0.25) is 11.3 Å². The molecule has 0 heterocycles. The molecule has 0 aliphatic heterocycles. The Balaban J connectivity index is 2.27. The van der Waals surface area contributed by atoms with Gasteiger partial charge in [-0.15, -0.1) is 0 Å². The number of aryl methyl sites for hydroxylation is 2. The maximum atomic E-state index is 5.74. The largest absolute Gasteiger partial charge is 0.271 e. The second-order valence-corrected chi connectivity index (χ2v) is 6.41. The van der Waals surface area contributed by atoms with E-state index < -0.39 is 0 Å². The SMILES string of the molecule is CCCCCCCCCC(Cc1cc(C)ccc1C)NN. The third-order valence-corrected chi connectivity index (χ3v) is 4.36. The van der Waals surface area contributed by atoms with Gasteiger partial charge in [-0.05, 0) is 37.8 Å². The summed E-state index contributed by atoms with van der Waals surface area (Å²) in [6.07, 6.45) is 11.7. The lowest BCUT2D eigenvalue weighted by molar-refractivity contribution is 0.458. The fourth-order valence-corrected chi connectivity index (χ4v) is 2.88. The summed E-state index contributed by atoms with van der Waals surface area (Å²) in [4.78, 5) is 0. The van der Waals surface area contributed by atoms with Gasteiger partial charge in [0.2, 0.25) is 0 Å². The third kappa shape index (κ3) is 7.63. The van der Waals surface area contributed by atoms with Gasteiger partial charge in [-0.1, -0.05) is 75.6 Å². The number of hydrazine groups is 1. The van der Waals surface area contributed by atoms with Gasteiger partial charge in [0.15, 0.2) is 0 Å². The van der Waals surface area contributed by atoms with E-state index in [9.17, 15) is 0 Å². The first-order chi connectivity index (χ1) is 10.2. The zero-order chi connectivity index (χ0) is 15.5. The number of rotatable bonds is 11. The molecular formula is C19H34N2. The monoisotopic (exact) mass is 290 g/mol. The Hall–Kier alpha value is -0.860. The van der Waals surface area contributed by atoms with Crippen LogP contribution in [0.1, 0.15) is 75.0 Å². The number of nitrogens with two attached hydrogens (primary N) is 1. The highest BCUT2D eigenvalue weighted by Crippen LogP contribution is 2.16. The topological polar surface area (TPSA) is 38.0 Å². The molecule has 120 valence electrons. The van der Waals surface area contributed by atoms with Crippen LogP contribution in [0.15, 0.2) is 18.2 Å². The van der Waals surface area contributed by atoms with Crippen molar-refractivity contribution in [2.45, 2.75) is 84.6 Å². The van der Waals surface area contributed by atoms with Crippen molar-refractivity contribution < 1.29 is 0 Å². The molecule has 1 rings (SSSR count). The van der Waals surface area contributed by atoms with Gasteiger partial charge in [0.05, 0.1) is 0 Å². The first kappa shape index (κ1) is 18.2. The summed E-state index contributed by atoms with van der Waals surface area (Å²) in [7, 11) is 0. The molecule has 0 radical (unpaired) electrons. The second-order valence-electron chi connectivity index (χ2n) is 6.41. The molecule has 0 spiro atoms. The maximum Gasteiger partial charge on any atom is 0.0251 e. The van der Waals surface area contributed by atoms with Crippen LogP contribution in [0.5, 0.6) is 0 Å². The molecule has 1 atom stereocenters. The maximum absolute atomic E-state index is 5.74. The van der Waals surface area contributed by atoms with Crippen LogP contribution in [0.25, 0.3) is 0 Å². The van der Waals surface area contributed by atoms with Crippen LogP contribution in [-0.2, 0) is 6.42 Å². The highest BCUT2D eigenvalue weighted by atomic mass is 15.2. The van der Waals surface area contributed by atoms with Crippen LogP contribution in [0.2, 0.25) is 0 Å². The van der Waals surface area contributed by atoms with E-state index in [1.54, 1.807) is 0 Å². The summed E-state index contributed by atoms with van der Waals surface area (Å²) in [5.41, 5.74) is 7.15. The lowest BCUT2D eigenvalue weighted by Crippen LogP contribution is -2.36. The lowest BCUT2D eigenvalue weighted by Gasteiger charge is -2.17. The molecule has 0 fully saturated rings. The van der Waals surface area contributed by atoms with Crippen LogP contribution in [-0.4, -0.2) is 6.04 Å². The minimum atomic E-state index is 0.404. The highest BCUT2D eigenvalue weighted by molar-refractivity contribution is 5.31. The van der Waals surface area contributed by atoms with E-state index in [2.05, 4.69) is 44.4 Å². The lowest BCUT2D eigenvalue weighted by atomic mass is 9.96. The van der Waals surface area contributed by atoms with Crippen molar-refractivity contribution in [3.63, 3.8) is 0 Å². The minimum absolute atomic E-state index is 0.404. The van der Waals surface area contributed by atoms with Crippen LogP contribution in [0.3, 0.4) is 0 Å². The molecule has 0 amide bonds. The van der Waals surface area contributed by atoms with Crippen molar-refractivity contribution in [2.75, 3.05) is 0 Å². The fourth-order valence-electron chi connectivity index (χ4n) is 2.88. The molecule has 0 aliphatic rings. The normalized spacial score (nSPS) is 12.6. The summed E-state index contributed by atoms with van der Waals surface area (Å²) in [6, 6.07) is 7.09. The number of hydrogen-bond acceptors (Lipinski definition) is 2. The predicted octanol–water partition coefficient (Wildman–Crippen LogP) is 4.82. The number of hydrogen-bond donors (Lipinski definition) is 2. The second kappa shape index (κ2) is 10.8. The van der Waals surface area contributed by atoms with Gasteiger partial charge in [-0.25, -0.2) is 0 Å². The van der Waals surface area contributed by atoms with Gasteiger partial charge in [0.1, 0.15) is 0 Å². The van der Waals surface area contributed by atoms with Crippen molar-refractivity contribution in [3.05, 3.63) is 34.9 Å². The standard InChI is InChI=1S/C19H34N2/c1-4-5-6-7-8-9-10-11-19(21-20)15-18-14-16(2)12-13-17(18)3/h12-14,19,21H,4-11,15,20H2,1-3H3. The Morgan fingerprint density at radius 1 is 1.00 bits per heavy atom. The van der Waals surface area contributed by atoms with Crippen molar-refractivity contribution in [1.82, 2.24) is 5.43 Å². The van der Waals surface area contributed by atoms with Crippen LogP contribution in [0, 0.1) is 13.8 Å². The van der Waals surface area contributed by atoms with E-state index in [4.69, 9.17) is 5.84 Å². The Morgan fingerprint density at radius 3 is 2.33 bits per heavy atom. The molecule has 0 saturated heterocycles. The Bertz CT molecular complexity index is 387. The van der Waals surface area contributed by atoms with Gasteiger partial charge in [0, 0.05) is 6.04 Å². The Kier molecular flexibility index (Phi) is 9.36. The summed E-state index contributed by atoms with van der Waals surface area (Å²) < 4.78 is 0. The molecule has 1 unspecified atom stereocenters. The summed E-state index contributed by atoms with van der Waals surface area (Å²) in [6.45, 7) is 6.62. The summed E-state index contributed by atoms with van der Waals surface area (Å²) in [5, 5.41) is 0. The molecule has 1 aromatic carbocycles. The zero-order valence-electron chi connectivity index (χ0n) is 14.3. The average molecular weight is 290 g/mol. The minimum Gasteiger partial charge on any atom is -0.271 e. The molecule has 0 aromatic heterocycles. The fraction of sp³-hybridized carbons (Fsp3) is 0.684. The predicted molar refractivity (Wildman–Crippen MR) is 93.3 cm³/mol. The van der Waals surface area contributed by atoms with Crippen LogP contribution >= 0.6 is 0 Å². The van der Waals surface area contributed by atoms with E-state index in [0.717, 1.165) is 6.42 Å². The molecule has 1 aromatic rings. The van der Waals surface area contributed by atoms with Gasteiger partial charge in [-0.2, -0.15) is 0 Å². The number of benzene rings is 1. The molecule has 0 saturated carbocycles. The molecule has 0 bridgehead atoms. The summed E-state index contributed by atoms with van der Waals surface area (Å²) >= 11 is 0. The highest BCUT2D eigenvalue weighted by Gasteiger charge is 2.09. The van der Waals surface area contributed by atoms with E-state index in [0.29, 0.717) is 6.04 Å². The third-order valence-electron chi connectivity index (χ3n) is 4.36. The quantitative estimate of drug-likeness (QED) is 0.348. The van der Waals surface area contributed by atoms with Gasteiger partial charge < -0.3 is 0 Å². The number of unbranched alkanes of at least 4 members (excludes halogenated alkanes) is 6. The molecule has 2 nitrogen and oxygen atoms in total. The molecular weight excluding hydrogens is 256 g/mol. The molecule has 2 heteroatoms. The first-order valence-electron chi connectivity index (χ1n) is 8.69. The summed E-state index contributed by atoms with van der Waals surface area (Å²) in [5.74, 6) is 5.74. The van der Waals surface area contributed by atoms with Crippen LogP contribution < -0.4 is 11.3 Å². The van der Waals surface area contributed by atoms with Gasteiger partial charge in [0.25, 0.3) is 0 Å². The Labute approximate surface area is 131 Å². The average Bonchev–Trinajstić information content (AvgIpc) is 2.48. The Morgan fingerprint density at radius 2 is 1.67 bits per heavy atom. The van der Waals surface area contributed by atoms with Crippen LogP contribution in [0.4, 0.5) is 0 Å². The zero-order valence-corrected chi connectivity index (χ0v) is 14.3. The molecule has 0 aliphatic carbocycles. The van der Waals surface area contributed by atoms with E-state index in [1.807, 2.05) is 0 Å². The smallest absolute Gasteiger partial charge is 0.0251 e.